The Labute approximate surface area is 67.0 Å². The number of aliphatic hydroxyl groups excluding tert-OH is 1. The Kier molecular flexibility index (Phi) is 4.32. The molecule has 0 aromatic carbocycles. The number of nitrogens with zero attached hydrogens (tertiary/aromatic N) is 1. The molecular weight excluding hydrogens is 142 g/mol. The number of rotatable bonds is 2. The average molecular weight is 155 g/mol. The minimum Gasteiger partial charge on any atom is -0.394 e. The smallest absolute Gasteiger partial charge is 0.298 e. The fourth-order valence-electron chi connectivity index (χ4n) is 0.518. The maximum atomic E-state index is 11.0. The summed E-state index contributed by atoms with van der Waals surface area (Å²) in [6, 6.07) is -0.164. The van der Waals surface area contributed by atoms with Gasteiger partial charge in [-0.3, -0.25) is 4.79 Å². The van der Waals surface area contributed by atoms with E-state index >= 15 is 0 Å². The Morgan fingerprint density at radius 3 is 2.64 bits per heavy atom. The van der Waals surface area contributed by atoms with Gasteiger partial charge in [-0.15, -0.1) is 0 Å². The molecule has 3 nitrogen and oxygen atoms in total. The van der Waals surface area contributed by atoms with Crippen molar-refractivity contribution in [1.29, 1.82) is 0 Å². The van der Waals surface area contributed by atoms with Gasteiger partial charge in [0.2, 0.25) is 0 Å². The van der Waals surface area contributed by atoms with Crippen molar-refractivity contribution >= 4 is 5.91 Å². The van der Waals surface area contributed by atoms with Gasteiger partial charge < -0.3 is 10.0 Å². The summed E-state index contributed by atoms with van der Waals surface area (Å²) < 4.78 is 0. The van der Waals surface area contributed by atoms with Gasteiger partial charge in [0.15, 0.2) is 0 Å². The van der Waals surface area contributed by atoms with Crippen molar-refractivity contribution in [3.05, 3.63) is 0 Å². The molecule has 0 bridgehead atoms. The third-order valence-electron chi connectivity index (χ3n) is 1.48. The fourth-order valence-corrected chi connectivity index (χ4v) is 0.518. The lowest BCUT2D eigenvalue weighted by Crippen LogP contribution is -2.36. The highest BCUT2D eigenvalue weighted by atomic mass is 16.3. The van der Waals surface area contributed by atoms with Crippen molar-refractivity contribution in [1.82, 2.24) is 4.90 Å². The first-order valence-corrected chi connectivity index (χ1v) is 3.43. The fraction of sp³-hybridized carbons (Fsp3) is 0.625. The van der Waals surface area contributed by atoms with Crippen LogP contribution in [0.5, 0.6) is 0 Å². The first-order chi connectivity index (χ1) is 5.13. The van der Waals surface area contributed by atoms with Crippen LogP contribution in [0.25, 0.3) is 0 Å². The minimum atomic E-state index is -0.256. The number of carbonyl (C=O) groups is 1. The second-order valence-corrected chi connectivity index (χ2v) is 2.32. The van der Waals surface area contributed by atoms with E-state index in [-0.39, 0.29) is 18.6 Å². The first kappa shape index (κ1) is 9.99. The number of aliphatic hydroxyl groups is 1. The Hall–Kier alpha value is -1.01. The van der Waals surface area contributed by atoms with Crippen LogP contribution in [0.1, 0.15) is 13.8 Å². The van der Waals surface area contributed by atoms with Gasteiger partial charge in [0.05, 0.1) is 12.6 Å². The lowest BCUT2D eigenvalue weighted by Gasteiger charge is -2.19. The van der Waals surface area contributed by atoms with Crippen LogP contribution in [0.15, 0.2) is 0 Å². The molecule has 11 heavy (non-hydrogen) atoms. The van der Waals surface area contributed by atoms with Gasteiger partial charge in [0, 0.05) is 7.05 Å². The lowest BCUT2D eigenvalue weighted by molar-refractivity contribution is -0.126. The molecule has 0 saturated carbocycles. The molecule has 0 aromatic rings. The number of carbonyl (C=O) groups excluding carboxylic acids is 1. The Morgan fingerprint density at radius 1 is 1.73 bits per heavy atom. The normalized spacial score (nSPS) is 11.3. The summed E-state index contributed by atoms with van der Waals surface area (Å²) in [5.41, 5.74) is 0. The molecule has 1 unspecified atom stereocenters. The summed E-state index contributed by atoms with van der Waals surface area (Å²) in [5, 5.41) is 8.68. The molecule has 3 heteroatoms. The molecule has 0 aliphatic rings. The van der Waals surface area contributed by atoms with Gasteiger partial charge in [0.25, 0.3) is 5.91 Å². The second-order valence-electron chi connectivity index (χ2n) is 2.32. The lowest BCUT2D eigenvalue weighted by atomic mass is 10.3. The molecule has 0 aliphatic heterocycles. The van der Waals surface area contributed by atoms with E-state index in [2.05, 4.69) is 11.8 Å². The van der Waals surface area contributed by atoms with Gasteiger partial charge in [0.1, 0.15) is 0 Å². The van der Waals surface area contributed by atoms with E-state index in [4.69, 9.17) is 5.11 Å². The number of hydrogen-bond acceptors (Lipinski definition) is 2. The topological polar surface area (TPSA) is 40.5 Å². The predicted molar refractivity (Wildman–Crippen MR) is 42.8 cm³/mol. The summed E-state index contributed by atoms with van der Waals surface area (Å²) >= 11 is 0. The Morgan fingerprint density at radius 2 is 2.27 bits per heavy atom. The van der Waals surface area contributed by atoms with Gasteiger partial charge in [-0.05, 0) is 19.8 Å². The molecule has 0 radical (unpaired) electrons. The number of likely N-dealkylation sites (N-methyl/N-ethyl adjacent to an activating group) is 1. The molecule has 0 aliphatic carbocycles. The van der Waals surface area contributed by atoms with Crippen molar-refractivity contribution < 1.29 is 9.90 Å². The van der Waals surface area contributed by atoms with E-state index in [1.807, 2.05) is 0 Å². The Bertz CT molecular complexity index is 190. The van der Waals surface area contributed by atoms with E-state index < -0.39 is 0 Å². The molecule has 0 saturated heterocycles. The molecule has 1 N–H and O–H groups in total. The van der Waals surface area contributed by atoms with E-state index in [9.17, 15) is 4.79 Å². The highest BCUT2D eigenvalue weighted by molar-refractivity contribution is 5.93. The van der Waals surface area contributed by atoms with E-state index in [1.54, 1.807) is 20.9 Å². The third-order valence-corrected chi connectivity index (χ3v) is 1.48. The minimum absolute atomic E-state index is 0.0341. The standard InChI is InChI=1S/C8H13NO2/c1-4-5-8(11)9(3)7(2)6-10/h7,10H,6H2,1-3H3. The van der Waals surface area contributed by atoms with E-state index in [0.29, 0.717) is 0 Å². The van der Waals surface area contributed by atoms with Crippen LogP contribution in [0, 0.1) is 11.8 Å². The predicted octanol–water partition coefficient (Wildman–Crippen LogP) is -0.151. The van der Waals surface area contributed by atoms with Crippen molar-refractivity contribution in [3.63, 3.8) is 0 Å². The van der Waals surface area contributed by atoms with Crippen molar-refractivity contribution in [2.45, 2.75) is 19.9 Å². The van der Waals surface area contributed by atoms with Crippen LogP contribution in [-0.2, 0) is 4.79 Å². The van der Waals surface area contributed by atoms with Crippen LogP contribution in [-0.4, -0.2) is 35.6 Å². The van der Waals surface area contributed by atoms with E-state index in [1.165, 1.54) is 4.90 Å². The average Bonchev–Trinajstić information content (AvgIpc) is 2.02. The van der Waals surface area contributed by atoms with Gasteiger partial charge in [-0.2, -0.15) is 0 Å². The zero-order chi connectivity index (χ0) is 8.85. The molecule has 62 valence electrons. The van der Waals surface area contributed by atoms with Crippen LogP contribution in [0.4, 0.5) is 0 Å². The summed E-state index contributed by atoms with van der Waals surface area (Å²) in [5.74, 6) is 4.64. The largest absolute Gasteiger partial charge is 0.394 e. The molecule has 0 spiro atoms. The summed E-state index contributed by atoms with van der Waals surface area (Å²) in [6.45, 7) is 3.33. The quantitative estimate of drug-likeness (QED) is 0.563. The third kappa shape index (κ3) is 3.06. The molecule has 1 atom stereocenters. The zero-order valence-corrected chi connectivity index (χ0v) is 7.09. The molecule has 1 amide bonds. The molecule has 0 aromatic heterocycles. The molecule has 0 rings (SSSR count). The van der Waals surface area contributed by atoms with Crippen molar-refractivity contribution in [2.24, 2.45) is 0 Å². The molecule has 0 fully saturated rings. The highest BCUT2D eigenvalue weighted by Gasteiger charge is 2.11. The number of hydrogen-bond donors (Lipinski definition) is 1. The Balaban J connectivity index is 4.09. The summed E-state index contributed by atoms with van der Waals surface area (Å²) in [6.07, 6.45) is 0. The van der Waals surface area contributed by atoms with Crippen molar-refractivity contribution in [3.8, 4) is 11.8 Å². The summed E-state index contributed by atoms with van der Waals surface area (Å²) in [7, 11) is 1.62. The monoisotopic (exact) mass is 155 g/mol. The maximum Gasteiger partial charge on any atom is 0.298 e. The highest BCUT2D eigenvalue weighted by Crippen LogP contribution is 1.93. The van der Waals surface area contributed by atoms with Crippen LogP contribution in [0.3, 0.4) is 0 Å². The van der Waals surface area contributed by atoms with Gasteiger partial charge in [-0.25, -0.2) is 0 Å². The SMILES string of the molecule is CC#CC(=O)N(C)C(C)CO. The molecule has 0 heterocycles. The van der Waals surface area contributed by atoms with Crippen LogP contribution < -0.4 is 0 Å². The van der Waals surface area contributed by atoms with Crippen LogP contribution in [0.2, 0.25) is 0 Å². The van der Waals surface area contributed by atoms with Crippen LogP contribution >= 0.6 is 0 Å². The van der Waals surface area contributed by atoms with Gasteiger partial charge >= 0.3 is 0 Å². The molecular formula is C8H13NO2. The second kappa shape index (κ2) is 4.75. The summed E-state index contributed by atoms with van der Waals surface area (Å²) in [4.78, 5) is 12.4. The van der Waals surface area contributed by atoms with Crippen molar-refractivity contribution in [2.75, 3.05) is 13.7 Å². The maximum absolute atomic E-state index is 11.0. The number of amides is 1. The van der Waals surface area contributed by atoms with Gasteiger partial charge in [-0.1, -0.05) is 5.92 Å². The van der Waals surface area contributed by atoms with E-state index in [0.717, 1.165) is 0 Å². The first-order valence-electron chi connectivity index (χ1n) is 3.43. The zero-order valence-electron chi connectivity index (χ0n) is 7.09.